The van der Waals surface area contributed by atoms with E-state index in [1.165, 1.54) is 4.88 Å². The summed E-state index contributed by atoms with van der Waals surface area (Å²) in [5, 5.41) is 0.977. The highest BCUT2D eigenvalue weighted by Gasteiger charge is 2.02. The van der Waals surface area contributed by atoms with Crippen molar-refractivity contribution in [1.82, 2.24) is 9.97 Å². The van der Waals surface area contributed by atoms with E-state index >= 15 is 0 Å². The van der Waals surface area contributed by atoms with E-state index in [2.05, 4.69) is 25.9 Å². The van der Waals surface area contributed by atoms with Gasteiger partial charge in [0.25, 0.3) is 0 Å². The molecule has 0 aliphatic heterocycles. The van der Waals surface area contributed by atoms with Gasteiger partial charge in [-0.2, -0.15) is 0 Å². The van der Waals surface area contributed by atoms with Gasteiger partial charge in [-0.15, -0.1) is 11.3 Å². The largest absolute Gasteiger partial charge is 0.253 e. The van der Waals surface area contributed by atoms with Crippen LogP contribution in [0.3, 0.4) is 0 Å². The number of nitrogens with zero attached hydrogens (tertiary/aromatic N) is 2. The first-order valence-corrected chi connectivity index (χ1v) is 5.41. The maximum absolute atomic E-state index is 4.26. The van der Waals surface area contributed by atoms with Crippen molar-refractivity contribution in [1.29, 1.82) is 0 Å². The number of hydrogen-bond donors (Lipinski definition) is 0. The molecule has 0 bridgehead atoms. The number of aryl methyl sites for hydroxylation is 1. The third kappa shape index (κ3) is 1.95. The van der Waals surface area contributed by atoms with Gasteiger partial charge >= 0.3 is 0 Å². The first-order valence-electron chi connectivity index (χ1n) is 3.80. The molecule has 2 aromatic rings. The summed E-state index contributed by atoms with van der Waals surface area (Å²) in [7, 11) is 0. The molecule has 66 valence electrons. The van der Waals surface area contributed by atoms with E-state index in [1.807, 2.05) is 25.3 Å². The van der Waals surface area contributed by atoms with Crippen molar-refractivity contribution in [3.8, 4) is 10.7 Å². The van der Waals surface area contributed by atoms with Crippen molar-refractivity contribution >= 4 is 27.3 Å². The molecule has 0 amide bonds. The summed E-state index contributed by atoms with van der Waals surface area (Å²) < 4.78 is 0.990. The maximum Gasteiger partial charge on any atom is 0.142 e. The topological polar surface area (TPSA) is 25.8 Å². The van der Waals surface area contributed by atoms with Crippen LogP contribution in [0.2, 0.25) is 0 Å². The lowest BCUT2D eigenvalue weighted by Crippen LogP contribution is -1.79. The number of rotatable bonds is 1. The lowest BCUT2D eigenvalue weighted by molar-refractivity contribution is 1.27. The minimum Gasteiger partial charge on any atom is -0.253 e. The van der Waals surface area contributed by atoms with E-state index in [-0.39, 0.29) is 0 Å². The molecule has 0 aromatic carbocycles. The van der Waals surface area contributed by atoms with Gasteiger partial charge in [0.05, 0.1) is 5.69 Å². The monoisotopic (exact) mass is 254 g/mol. The summed E-state index contributed by atoms with van der Waals surface area (Å²) in [6, 6.07) is 3.93. The van der Waals surface area contributed by atoms with Crippen molar-refractivity contribution in [3.05, 3.63) is 33.9 Å². The van der Waals surface area contributed by atoms with E-state index < -0.39 is 0 Å². The zero-order valence-corrected chi connectivity index (χ0v) is 9.39. The molecule has 0 atom stereocenters. The molecule has 2 nitrogen and oxygen atoms in total. The molecule has 2 rings (SSSR count). The minimum atomic E-state index is 0.932. The third-order valence-corrected chi connectivity index (χ3v) is 2.97. The zero-order chi connectivity index (χ0) is 9.26. The molecule has 0 aliphatic carbocycles. The molecule has 0 saturated carbocycles. The van der Waals surface area contributed by atoms with E-state index in [1.54, 1.807) is 17.5 Å². The van der Waals surface area contributed by atoms with Crippen molar-refractivity contribution in [3.63, 3.8) is 0 Å². The Balaban J connectivity index is 2.41. The highest BCUT2D eigenvalue weighted by molar-refractivity contribution is 9.10. The van der Waals surface area contributed by atoms with E-state index in [0.29, 0.717) is 0 Å². The SMILES string of the molecule is Cc1cnc(-c2ccc(Br)cn2)s1. The lowest BCUT2D eigenvalue weighted by atomic mass is 10.4. The predicted molar refractivity (Wildman–Crippen MR) is 57.8 cm³/mol. The molecule has 2 aromatic heterocycles. The zero-order valence-electron chi connectivity index (χ0n) is 6.99. The molecule has 0 fully saturated rings. The minimum absolute atomic E-state index is 0.932. The predicted octanol–water partition coefficient (Wildman–Crippen LogP) is 3.28. The maximum atomic E-state index is 4.26. The standard InChI is InChI=1S/C9H7BrN2S/c1-6-4-12-9(13-6)8-3-2-7(10)5-11-8/h2-5H,1H3. The highest BCUT2D eigenvalue weighted by Crippen LogP contribution is 2.23. The molecule has 0 saturated heterocycles. The normalized spacial score (nSPS) is 10.3. The highest BCUT2D eigenvalue weighted by atomic mass is 79.9. The molecule has 13 heavy (non-hydrogen) atoms. The third-order valence-electron chi connectivity index (χ3n) is 1.57. The first kappa shape index (κ1) is 8.84. The van der Waals surface area contributed by atoms with Gasteiger partial charge in [0, 0.05) is 21.7 Å². The Bertz CT molecular complexity index is 408. The average Bonchev–Trinajstić information content (AvgIpc) is 2.53. The van der Waals surface area contributed by atoms with Crippen LogP contribution in [0.15, 0.2) is 29.0 Å². The smallest absolute Gasteiger partial charge is 0.142 e. The van der Waals surface area contributed by atoms with Crippen molar-refractivity contribution in [2.75, 3.05) is 0 Å². The summed E-state index contributed by atoms with van der Waals surface area (Å²) >= 11 is 5.00. The van der Waals surface area contributed by atoms with Gasteiger partial charge in [-0.05, 0) is 35.0 Å². The van der Waals surface area contributed by atoms with Gasteiger partial charge in [-0.25, -0.2) is 4.98 Å². The van der Waals surface area contributed by atoms with E-state index in [9.17, 15) is 0 Å². The van der Waals surface area contributed by atoms with E-state index in [4.69, 9.17) is 0 Å². The van der Waals surface area contributed by atoms with Gasteiger partial charge in [0.2, 0.25) is 0 Å². The second kappa shape index (κ2) is 3.55. The number of pyridine rings is 1. The van der Waals surface area contributed by atoms with Crippen LogP contribution in [0.25, 0.3) is 10.7 Å². The van der Waals surface area contributed by atoms with Crippen LogP contribution < -0.4 is 0 Å². The molecule has 0 N–H and O–H groups in total. The second-order valence-electron chi connectivity index (χ2n) is 2.64. The fraction of sp³-hybridized carbons (Fsp3) is 0.111. The quantitative estimate of drug-likeness (QED) is 0.781. The number of thiazole rings is 1. The van der Waals surface area contributed by atoms with Crippen molar-refractivity contribution < 1.29 is 0 Å². The molecule has 0 unspecified atom stereocenters. The average molecular weight is 255 g/mol. The van der Waals surface area contributed by atoms with Crippen LogP contribution in [0, 0.1) is 6.92 Å². The van der Waals surface area contributed by atoms with Crippen LogP contribution in [-0.2, 0) is 0 Å². The molecule has 0 radical (unpaired) electrons. The van der Waals surface area contributed by atoms with Crippen molar-refractivity contribution in [2.24, 2.45) is 0 Å². The molecule has 4 heteroatoms. The Morgan fingerprint density at radius 3 is 2.62 bits per heavy atom. The van der Waals surface area contributed by atoms with E-state index in [0.717, 1.165) is 15.2 Å². The summed E-state index contributed by atoms with van der Waals surface area (Å²) in [6.45, 7) is 2.04. The Kier molecular flexibility index (Phi) is 2.42. The van der Waals surface area contributed by atoms with Crippen LogP contribution in [0.4, 0.5) is 0 Å². The molecule has 0 aliphatic rings. The molecular formula is C9H7BrN2S. The number of halogens is 1. The summed E-state index contributed by atoms with van der Waals surface area (Å²) in [4.78, 5) is 9.73. The Labute approximate surface area is 88.8 Å². The number of aromatic nitrogens is 2. The lowest BCUT2D eigenvalue weighted by Gasteiger charge is -1.93. The summed E-state index contributed by atoms with van der Waals surface area (Å²) in [5.74, 6) is 0. The Hall–Kier alpha value is -0.740. The summed E-state index contributed by atoms with van der Waals surface area (Å²) in [6.07, 6.45) is 3.65. The first-order chi connectivity index (χ1) is 6.25. The molecule has 2 heterocycles. The van der Waals surface area contributed by atoms with Crippen LogP contribution in [0.5, 0.6) is 0 Å². The Morgan fingerprint density at radius 1 is 1.23 bits per heavy atom. The van der Waals surface area contributed by atoms with Gasteiger partial charge < -0.3 is 0 Å². The molecule has 0 spiro atoms. The Morgan fingerprint density at radius 2 is 2.08 bits per heavy atom. The number of hydrogen-bond acceptors (Lipinski definition) is 3. The fourth-order valence-corrected chi connectivity index (χ4v) is 1.95. The van der Waals surface area contributed by atoms with Gasteiger partial charge in [0.15, 0.2) is 0 Å². The van der Waals surface area contributed by atoms with Crippen LogP contribution >= 0.6 is 27.3 Å². The van der Waals surface area contributed by atoms with Gasteiger partial charge in [0.1, 0.15) is 5.01 Å². The fourth-order valence-electron chi connectivity index (χ4n) is 0.975. The van der Waals surface area contributed by atoms with Crippen LogP contribution in [0.1, 0.15) is 4.88 Å². The van der Waals surface area contributed by atoms with Gasteiger partial charge in [-0.3, -0.25) is 4.98 Å². The second-order valence-corrected chi connectivity index (χ2v) is 4.79. The summed E-state index contributed by atoms with van der Waals surface area (Å²) in [5.41, 5.74) is 0.932. The van der Waals surface area contributed by atoms with Crippen molar-refractivity contribution in [2.45, 2.75) is 6.92 Å². The van der Waals surface area contributed by atoms with Crippen LogP contribution in [-0.4, -0.2) is 9.97 Å². The molecular weight excluding hydrogens is 248 g/mol. The van der Waals surface area contributed by atoms with Gasteiger partial charge in [-0.1, -0.05) is 0 Å².